The number of unbranched alkanes of at least 4 members (excludes halogenated alkanes) is 5. The molecular weight excluding hydrogens is 488 g/mol. The van der Waals surface area contributed by atoms with Gasteiger partial charge in [-0.15, -0.1) is 0 Å². The lowest BCUT2D eigenvalue weighted by Crippen LogP contribution is -2.24. The van der Waals surface area contributed by atoms with Crippen molar-refractivity contribution in [1.29, 1.82) is 0 Å². The Kier molecular flexibility index (Phi) is 14.3. The van der Waals surface area contributed by atoms with Crippen molar-refractivity contribution in [3.05, 3.63) is 83.5 Å². The van der Waals surface area contributed by atoms with Gasteiger partial charge in [-0.25, -0.2) is 9.59 Å². The predicted molar refractivity (Wildman–Crippen MR) is 159 cm³/mol. The number of carbonyl (C=O) groups is 2. The van der Waals surface area contributed by atoms with Crippen molar-refractivity contribution in [2.75, 3.05) is 13.2 Å². The highest BCUT2D eigenvalue weighted by molar-refractivity contribution is 5.88. The Morgan fingerprint density at radius 1 is 0.897 bits per heavy atom. The summed E-state index contributed by atoms with van der Waals surface area (Å²) in [6.07, 6.45) is 10.2. The fourth-order valence-corrected chi connectivity index (χ4v) is 4.48. The molecule has 0 heterocycles. The molecule has 0 radical (unpaired) electrons. The van der Waals surface area contributed by atoms with E-state index in [9.17, 15) is 9.59 Å². The molecule has 0 fully saturated rings. The maximum Gasteiger partial charge on any atom is 0.335 e. The van der Waals surface area contributed by atoms with E-state index in [1.807, 2.05) is 0 Å². The number of aliphatic hydroxyl groups is 1. The van der Waals surface area contributed by atoms with Gasteiger partial charge in [-0.3, -0.25) is 0 Å². The van der Waals surface area contributed by atoms with Gasteiger partial charge in [-0.05, 0) is 54.0 Å². The average Bonchev–Trinajstić information content (AvgIpc) is 2.94. The first-order valence-corrected chi connectivity index (χ1v) is 14.3. The summed E-state index contributed by atoms with van der Waals surface area (Å²) in [7, 11) is 0. The topological polar surface area (TPSA) is 72.8 Å². The van der Waals surface area contributed by atoms with Crippen molar-refractivity contribution in [3.63, 3.8) is 0 Å². The summed E-state index contributed by atoms with van der Waals surface area (Å²) in [6, 6.07) is 15.3. The fraction of sp³-hybridized carbons (Fsp3) is 0.471. The third kappa shape index (κ3) is 11.2. The molecule has 1 unspecified atom stereocenters. The Hall–Kier alpha value is -3.18. The third-order valence-electron chi connectivity index (χ3n) is 6.87. The van der Waals surface area contributed by atoms with Gasteiger partial charge in [0, 0.05) is 18.4 Å². The minimum atomic E-state index is -0.655. The van der Waals surface area contributed by atoms with Crippen LogP contribution in [-0.2, 0) is 38.3 Å². The summed E-state index contributed by atoms with van der Waals surface area (Å²) >= 11 is 0. The van der Waals surface area contributed by atoms with Crippen molar-refractivity contribution in [2.24, 2.45) is 0 Å². The van der Waals surface area contributed by atoms with Gasteiger partial charge >= 0.3 is 11.9 Å². The number of ether oxygens (including phenoxy) is 2. The van der Waals surface area contributed by atoms with Crippen molar-refractivity contribution in [3.8, 4) is 11.1 Å². The quantitative estimate of drug-likeness (QED) is 0.123. The van der Waals surface area contributed by atoms with Crippen LogP contribution < -0.4 is 0 Å². The lowest BCUT2D eigenvalue weighted by molar-refractivity contribution is -0.146. The molecule has 2 aromatic rings. The maximum atomic E-state index is 12.2. The SMILES string of the molecule is C=C(C)C(=O)OC(CCOC(=O)C(=C)CO)Cc1ccc(-c2ccc(CCCCCCCC)cc2)c(CC)c1. The number of hydrogen-bond acceptors (Lipinski definition) is 5. The van der Waals surface area contributed by atoms with Crippen LogP contribution in [0.2, 0.25) is 0 Å². The minimum absolute atomic E-state index is 0.0101. The van der Waals surface area contributed by atoms with Crippen LogP contribution in [0.4, 0.5) is 0 Å². The highest BCUT2D eigenvalue weighted by atomic mass is 16.6. The second kappa shape index (κ2) is 17.4. The summed E-state index contributed by atoms with van der Waals surface area (Å²) in [4.78, 5) is 24.1. The van der Waals surface area contributed by atoms with E-state index in [0.717, 1.165) is 18.4 Å². The van der Waals surface area contributed by atoms with Gasteiger partial charge in [0.2, 0.25) is 0 Å². The van der Waals surface area contributed by atoms with Gasteiger partial charge in [-0.2, -0.15) is 0 Å². The molecular formula is C34H46O5. The molecule has 0 aliphatic rings. The molecule has 0 saturated carbocycles. The van der Waals surface area contributed by atoms with Crippen molar-refractivity contribution in [2.45, 2.75) is 91.1 Å². The minimum Gasteiger partial charge on any atom is -0.462 e. The Morgan fingerprint density at radius 2 is 1.56 bits per heavy atom. The Balaban J connectivity index is 2.06. The van der Waals surface area contributed by atoms with Crippen LogP contribution in [0, 0.1) is 0 Å². The fourth-order valence-electron chi connectivity index (χ4n) is 4.48. The first kappa shape index (κ1) is 32.0. The molecule has 0 amide bonds. The average molecular weight is 535 g/mol. The third-order valence-corrected chi connectivity index (χ3v) is 6.87. The Morgan fingerprint density at radius 3 is 2.21 bits per heavy atom. The van der Waals surface area contributed by atoms with Crippen LogP contribution in [-0.4, -0.2) is 36.4 Å². The first-order valence-electron chi connectivity index (χ1n) is 14.3. The van der Waals surface area contributed by atoms with E-state index in [0.29, 0.717) is 18.4 Å². The van der Waals surface area contributed by atoms with Crippen molar-refractivity contribution in [1.82, 2.24) is 0 Å². The largest absolute Gasteiger partial charge is 0.462 e. The molecule has 2 rings (SSSR count). The number of rotatable bonds is 18. The molecule has 212 valence electrons. The second-order valence-corrected chi connectivity index (χ2v) is 10.3. The van der Waals surface area contributed by atoms with E-state index in [1.165, 1.54) is 60.8 Å². The van der Waals surface area contributed by atoms with Crippen LogP contribution in [0.25, 0.3) is 11.1 Å². The monoisotopic (exact) mass is 534 g/mol. The van der Waals surface area contributed by atoms with E-state index in [2.05, 4.69) is 69.5 Å². The van der Waals surface area contributed by atoms with Crippen molar-refractivity contribution < 1.29 is 24.2 Å². The van der Waals surface area contributed by atoms with Gasteiger partial charge in [0.05, 0.1) is 18.8 Å². The van der Waals surface area contributed by atoms with E-state index in [1.54, 1.807) is 6.92 Å². The first-order chi connectivity index (χ1) is 18.8. The highest BCUT2D eigenvalue weighted by Crippen LogP contribution is 2.27. The van der Waals surface area contributed by atoms with E-state index in [-0.39, 0.29) is 12.2 Å². The smallest absolute Gasteiger partial charge is 0.335 e. The van der Waals surface area contributed by atoms with Gasteiger partial charge < -0.3 is 14.6 Å². The summed E-state index contributed by atoms with van der Waals surface area (Å²) in [5.74, 6) is -1.13. The lowest BCUT2D eigenvalue weighted by Gasteiger charge is -2.19. The van der Waals surface area contributed by atoms with Crippen LogP contribution in [0.5, 0.6) is 0 Å². The van der Waals surface area contributed by atoms with Gasteiger partial charge in [-0.1, -0.05) is 102 Å². The molecule has 0 bridgehead atoms. The molecule has 1 atom stereocenters. The number of benzene rings is 2. The predicted octanol–water partition coefficient (Wildman–Crippen LogP) is 7.33. The van der Waals surface area contributed by atoms with Crippen LogP contribution in [0.1, 0.15) is 82.4 Å². The van der Waals surface area contributed by atoms with E-state index < -0.39 is 24.6 Å². The highest BCUT2D eigenvalue weighted by Gasteiger charge is 2.18. The Labute approximate surface area is 234 Å². The van der Waals surface area contributed by atoms with Crippen molar-refractivity contribution >= 4 is 11.9 Å². The molecule has 5 heteroatoms. The summed E-state index contributed by atoms with van der Waals surface area (Å²) in [5, 5.41) is 9.04. The molecule has 0 spiro atoms. The number of carbonyl (C=O) groups excluding carboxylic acids is 2. The number of hydrogen-bond donors (Lipinski definition) is 1. The lowest BCUT2D eigenvalue weighted by atomic mass is 9.93. The van der Waals surface area contributed by atoms with Gasteiger partial charge in [0.25, 0.3) is 0 Å². The van der Waals surface area contributed by atoms with Crippen LogP contribution in [0.3, 0.4) is 0 Å². The molecule has 1 N–H and O–H groups in total. The summed E-state index contributed by atoms with van der Waals surface area (Å²) < 4.78 is 10.8. The van der Waals surface area contributed by atoms with Gasteiger partial charge in [0.1, 0.15) is 6.10 Å². The normalized spacial score (nSPS) is 11.6. The van der Waals surface area contributed by atoms with E-state index in [4.69, 9.17) is 14.6 Å². The summed E-state index contributed by atoms with van der Waals surface area (Å²) in [6.45, 7) is 12.7. The van der Waals surface area contributed by atoms with E-state index >= 15 is 0 Å². The molecule has 5 nitrogen and oxygen atoms in total. The standard InChI is InChI=1S/C34H46O5/c1-6-8-9-10-11-12-13-27-14-17-30(18-15-27)32-19-16-28(22-29(32)7-2)23-31(39-33(36)25(3)4)20-21-38-34(37)26(5)24-35/h14-19,22,31,35H,3,5-13,20-21,23-24H2,1-2,4H3. The molecule has 0 aromatic heterocycles. The second-order valence-electron chi connectivity index (χ2n) is 10.3. The van der Waals surface area contributed by atoms with Crippen LogP contribution in [0.15, 0.2) is 66.8 Å². The molecule has 39 heavy (non-hydrogen) atoms. The number of esters is 2. The zero-order valence-electron chi connectivity index (χ0n) is 24.1. The molecule has 0 aliphatic carbocycles. The Bertz CT molecular complexity index is 1080. The number of aryl methyl sites for hydroxylation is 2. The molecule has 2 aromatic carbocycles. The number of aliphatic hydroxyl groups excluding tert-OH is 1. The zero-order chi connectivity index (χ0) is 28.6. The molecule has 0 saturated heterocycles. The molecule has 0 aliphatic heterocycles. The van der Waals surface area contributed by atoms with Gasteiger partial charge in [0.15, 0.2) is 0 Å². The summed E-state index contributed by atoms with van der Waals surface area (Å²) in [5.41, 5.74) is 6.37. The zero-order valence-corrected chi connectivity index (χ0v) is 24.1. The van der Waals surface area contributed by atoms with Crippen LogP contribution >= 0.6 is 0 Å². The maximum absolute atomic E-state index is 12.2.